The quantitative estimate of drug-likeness (QED) is 0.173. The molecule has 0 aliphatic rings. The first kappa shape index (κ1) is 32.5. The Morgan fingerprint density at radius 1 is 0.364 bits per heavy atom. The lowest BCUT2D eigenvalue weighted by Crippen LogP contribution is -2.02. The van der Waals surface area contributed by atoms with Crippen molar-refractivity contribution in [1.82, 2.24) is 15.0 Å². The highest BCUT2D eigenvalue weighted by atomic mass is 16.3. The number of furan rings is 1. The van der Waals surface area contributed by atoms with Gasteiger partial charge in [0, 0.05) is 27.5 Å². The van der Waals surface area contributed by atoms with Crippen LogP contribution < -0.4 is 0 Å². The Labute approximate surface area is 319 Å². The molecule has 0 fully saturated rings. The van der Waals surface area contributed by atoms with Gasteiger partial charge in [-0.15, -0.1) is 0 Å². The van der Waals surface area contributed by atoms with E-state index < -0.39 is 0 Å². The van der Waals surface area contributed by atoms with Gasteiger partial charge in [-0.3, -0.25) is 0 Å². The van der Waals surface area contributed by atoms with E-state index in [0.29, 0.717) is 17.5 Å². The monoisotopic (exact) mass is 705 g/mol. The maximum atomic E-state index is 6.51. The van der Waals surface area contributed by atoms with Crippen molar-refractivity contribution >= 4 is 32.7 Å². The summed E-state index contributed by atoms with van der Waals surface area (Å²) in [4.78, 5) is 15.8. The van der Waals surface area contributed by atoms with E-state index in [0.717, 1.165) is 72.0 Å². The maximum Gasteiger partial charge on any atom is 0.164 e. The highest BCUT2D eigenvalue weighted by Gasteiger charge is 2.21. The molecule has 260 valence electrons. The Balaban J connectivity index is 1.19. The summed E-state index contributed by atoms with van der Waals surface area (Å²) in [5, 5.41) is 4.45. The highest BCUT2D eigenvalue weighted by Crippen LogP contribution is 2.41. The predicted octanol–water partition coefficient (Wildman–Crippen LogP) is 13.5. The molecule has 0 unspecified atom stereocenters. The fourth-order valence-electron chi connectivity index (χ4n) is 7.80. The van der Waals surface area contributed by atoms with E-state index in [1.165, 1.54) is 21.9 Å². The van der Waals surface area contributed by atoms with Crippen LogP contribution in [0.15, 0.2) is 180 Å². The molecule has 10 rings (SSSR count). The summed E-state index contributed by atoms with van der Waals surface area (Å²) in [6, 6.07) is 61.4. The second-order valence-corrected chi connectivity index (χ2v) is 14.1. The lowest BCUT2D eigenvalue weighted by atomic mass is 9.93. The zero-order chi connectivity index (χ0) is 36.9. The van der Waals surface area contributed by atoms with Gasteiger partial charge < -0.3 is 4.42 Å². The Morgan fingerprint density at radius 2 is 0.982 bits per heavy atom. The van der Waals surface area contributed by atoms with Crippen LogP contribution in [0.1, 0.15) is 11.1 Å². The maximum absolute atomic E-state index is 6.51. The van der Waals surface area contributed by atoms with Crippen molar-refractivity contribution in [2.45, 2.75) is 13.8 Å². The van der Waals surface area contributed by atoms with E-state index in [4.69, 9.17) is 19.4 Å². The van der Waals surface area contributed by atoms with Crippen LogP contribution in [0.3, 0.4) is 0 Å². The number of fused-ring (bicyclic) bond motifs is 4. The van der Waals surface area contributed by atoms with Crippen molar-refractivity contribution < 1.29 is 4.42 Å². The van der Waals surface area contributed by atoms with E-state index in [-0.39, 0.29) is 0 Å². The van der Waals surface area contributed by atoms with Crippen molar-refractivity contribution in [3.63, 3.8) is 0 Å². The van der Waals surface area contributed by atoms with Crippen LogP contribution in [-0.4, -0.2) is 15.0 Å². The molecule has 55 heavy (non-hydrogen) atoms. The van der Waals surface area contributed by atoms with Crippen LogP contribution in [0.2, 0.25) is 0 Å². The Hall–Kier alpha value is -7.17. The van der Waals surface area contributed by atoms with Gasteiger partial charge in [-0.2, -0.15) is 0 Å². The molecule has 0 N–H and O–H groups in total. The second kappa shape index (κ2) is 13.4. The van der Waals surface area contributed by atoms with E-state index in [1.807, 2.05) is 24.3 Å². The second-order valence-electron chi connectivity index (χ2n) is 14.1. The smallest absolute Gasteiger partial charge is 0.164 e. The van der Waals surface area contributed by atoms with Gasteiger partial charge in [-0.1, -0.05) is 152 Å². The molecule has 4 heteroatoms. The number of aryl methyl sites for hydroxylation is 1. The third-order valence-electron chi connectivity index (χ3n) is 10.7. The normalized spacial score (nSPS) is 11.5. The van der Waals surface area contributed by atoms with Crippen molar-refractivity contribution in [1.29, 1.82) is 0 Å². The van der Waals surface area contributed by atoms with Crippen molar-refractivity contribution in [3.8, 4) is 67.5 Å². The van der Waals surface area contributed by atoms with E-state index >= 15 is 0 Å². The van der Waals surface area contributed by atoms with E-state index in [9.17, 15) is 0 Å². The van der Waals surface area contributed by atoms with Crippen LogP contribution in [0.5, 0.6) is 0 Å². The number of aromatic nitrogens is 3. The molecule has 10 aromatic rings. The summed E-state index contributed by atoms with van der Waals surface area (Å²) >= 11 is 0. The van der Waals surface area contributed by atoms with Gasteiger partial charge in [0.25, 0.3) is 0 Å². The standard InChI is InChI=1S/C51H35N3O/c1-32-13-6-9-18-41(32)42-20-12-21-43(33(42)2)50-52-49(37-26-23-36(24-27-37)39-28-25-35-16-7-8-17-38(35)29-39)53-51(54-50)45-30-40(34-14-4-3-5-15-34)31-47-48(45)44-19-10-11-22-46(44)55-47/h3-31H,1-2H3. The fourth-order valence-corrected chi connectivity index (χ4v) is 7.80. The number of rotatable bonds is 6. The van der Waals surface area contributed by atoms with Crippen molar-refractivity contribution in [2.24, 2.45) is 0 Å². The van der Waals surface area contributed by atoms with Gasteiger partial charge in [0.2, 0.25) is 0 Å². The zero-order valence-electron chi connectivity index (χ0n) is 30.5. The number of nitrogens with zero attached hydrogens (tertiary/aromatic N) is 3. The summed E-state index contributed by atoms with van der Waals surface area (Å²) in [5.74, 6) is 1.82. The van der Waals surface area contributed by atoms with E-state index in [2.05, 4.69) is 166 Å². The summed E-state index contributed by atoms with van der Waals surface area (Å²) in [5.41, 5.74) is 13.5. The first-order valence-electron chi connectivity index (χ1n) is 18.6. The number of para-hydroxylation sites is 1. The summed E-state index contributed by atoms with van der Waals surface area (Å²) in [6.07, 6.45) is 0. The van der Waals surface area contributed by atoms with Gasteiger partial charge in [0.1, 0.15) is 11.2 Å². The number of hydrogen-bond acceptors (Lipinski definition) is 4. The van der Waals surface area contributed by atoms with Gasteiger partial charge >= 0.3 is 0 Å². The highest BCUT2D eigenvalue weighted by molar-refractivity contribution is 6.13. The van der Waals surface area contributed by atoms with Crippen molar-refractivity contribution in [3.05, 3.63) is 187 Å². The largest absolute Gasteiger partial charge is 0.456 e. The van der Waals surface area contributed by atoms with Crippen LogP contribution in [0.4, 0.5) is 0 Å². The van der Waals surface area contributed by atoms with Crippen LogP contribution in [0.25, 0.3) is 100 Å². The number of benzene rings is 8. The zero-order valence-corrected chi connectivity index (χ0v) is 30.5. The third-order valence-corrected chi connectivity index (χ3v) is 10.7. The molecule has 0 amide bonds. The SMILES string of the molecule is Cc1ccccc1-c1cccc(-c2nc(-c3ccc(-c4ccc5ccccc5c4)cc3)nc(-c3cc(-c4ccccc4)cc4oc5ccccc5c34)n2)c1C. The van der Waals surface area contributed by atoms with Crippen LogP contribution >= 0.6 is 0 Å². The topological polar surface area (TPSA) is 51.8 Å². The van der Waals surface area contributed by atoms with E-state index in [1.54, 1.807) is 0 Å². The Bertz CT molecular complexity index is 3050. The molecule has 0 aliphatic carbocycles. The van der Waals surface area contributed by atoms with Gasteiger partial charge in [-0.05, 0) is 93.4 Å². The van der Waals surface area contributed by atoms with Crippen molar-refractivity contribution in [2.75, 3.05) is 0 Å². The molecule has 2 heterocycles. The molecule has 0 atom stereocenters. The molecule has 4 nitrogen and oxygen atoms in total. The van der Waals surface area contributed by atoms with Gasteiger partial charge in [-0.25, -0.2) is 15.0 Å². The average Bonchev–Trinajstić information content (AvgIpc) is 3.62. The molecule has 0 bridgehead atoms. The minimum Gasteiger partial charge on any atom is -0.456 e. The predicted molar refractivity (Wildman–Crippen MR) is 227 cm³/mol. The molecule has 0 spiro atoms. The lowest BCUT2D eigenvalue weighted by molar-refractivity contribution is 0.669. The minimum absolute atomic E-state index is 0.591. The average molecular weight is 706 g/mol. The van der Waals surface area contributed by atoms with Gasteiger partial charge in [0.05, 0.1) is 0 Å². The third kappa shape index (κ3) is 5.85. The lowest BCUT2D eigenvalue weighted by Gasteiger charge is -2.15. The summed E-state index contributed by atoms with van der Waals surface area (Å²) in [7, 11) is 0. The van der Waals surface area contributed by atoms with Crippen LogP contribution in [-0.2, 0) is 0 Å². The molecule has 0 saturated carbocycles. The Morgan fingerprint density at radius 3 is 1.82 bits per heavy atom. The molecular formula is C51H35N3O. The molecule has 0 radical (unpaired) electrons. The number of hydrogen-bond donors (Lipinski definition) is 0. The molecule has 2 aromatic heterocycles. The molecule has 0 saturated heterocycles. The minimum atomic E-state index is 0.591. The molecular weight excluding hydrogens is 671 g/mol. The summed E-state index contributed by atoms with van der Waals surface area (Å²) < 4.78 is 6.51. The summed E-state index contributed by atoms with van der Waals surface area (Å²) in [6.45, 7) is 4.32. The molecule has 8 aromatic carbocycles. The van der Waals surface area contributed by atoms with Gasteiger partial charge in [0.15, 0.2) is 17.5 Å². The van der Waals surface area contributed by atoms with Crippen LogP contribution in [0, 0.1) is 13.8 Å². The first-order valence-corrected chi connectivity index (χ1v) is 18.6. The Kier molecular flexibility index (Phi) is 7.88. The fraction of sp³-hybridized carbons (Fsp3) is 0.0392. The molecule has 0 aliphatic heterocycles. The first-order chi connectivity index (χ1) is 27.1.